The van der Waals surface area contributed by atoms with Crippen LogP contribution in [0.1, 0.15) is 76.0 Å². The largest absolute Gasteiger partial charge is 0.493 e. The lowest BCUT2D eigenvalue weighted by atomic mass is 10.1. The molecule has 0 aliphatic rings. The molecule has 42 heavy (non-hydrogen) atoms. The topological polar surface area (TPSA) is 137 Å². The molecule has 0 aromatic heterocycles. The predicted octanol–water partition coefficient (Wildman–Crippen LogP) is 5.15. The third kappa shape index (κ3) is 18.6. The van der Waals surface area contributed by atoms with Crippen molar-refractivity contribution in [3.05, 3.63) is 65.0 Å². The van der Waals surface area contributed by atoms with Gasteiger partial charge in [-0.15, -0.1) is 0 Å². The number of aryl methyl sites for hydroxylation is 1. The first-order chi connectivity index (χ1) is 19.7. The van der Waals surface area contributed by atoms with Gasteiger partial charge in [0.1, 0.15) is 17.6 Å². The molecular formula is C30H44F4N4O4. The molecule has 0 fully saturated rings. The number of nitrogens with one attached hydrogen (secondary N) is 2. The minimum absolute atomic E-state index is 0.126. The van der Waals surface area contributed by atoms with Crippen LogP contribution in [0.15, 0.2) is 42.5 Å². The summed E-state index contributed by atoms with van der Waals surface area (Å²) in [6.45, 7) is 8.24. The molecule has 0 aliphatic heterocycles. The van der Waals surface area contributed by atoms with Gasteiger partial charge in [0.15, 0.2) is 0 Å². The molecule has 1 unspecified atom stereocenters. The van der Waals surface area contributed by atoms with Crippen LogP contribution < -0.4 is 26.8 Å². The van der Waals surface area contributed by atoms with Gasteiger partial charge < -0.3 is 26.8 Å². The van der Waals surface area contributed by atoms with E-state index < -0.39 is 17.8 Å². The molecule has 0 bridgehead atoms. The van der Waals surface area contributed by atoms with E-state index in [2.05, 4.69) is 23.3 Å². The third-order valence-corrected chi connectivity index (χ3v) is 5.46. The van der Waals surface area contributed by atoms with Crippen LogP contribution in [0.25, 0.3) is 0 Å². The van der Waals surface area contributed by atoms with Gasteiger partial charge in [0.05, 0.1) is 12.2 Å². The van der Waals surface area contributed by atoms with Crippen molar-refractivity contribution >= 4 is 17.7 Å². The van der Waals surface area contributed by atoms with Crippen molar-refractivity contribution in [3.63, 3.8) is 0 Å². The molecule has 0 spiro atoms. The maximum atomic E-state index is 13.3. The highest BCUT2D eigenvalue weighted by molar-refractivity contribution is 5.87. The second kappa shape index (κ2) is 21.1. The van der Waals surface area contributed by atoms with Crippen molar-refractivity contribution in [3.8, 4) is 5.75 Å². The molecule has 0 saturated carbocycles. The van der Waals surface area contributed by atoms with Gasteiger partial charge in [-0.2, -0.15) is 13.2 Å². The van der Waals surface area contributed by atoms with Crippen LogP contribution in [0.5, 0.6) is 5.75 Å². The number of carbonyl (C=O) groups is 3. The zero-order valence-corrected chi connectivity index (χ0v) is 24.8. The Bertz CT molecular complexity index is 1070. The first-order valence-electron chi connectivity index (χ1n) is 13.8. The quantitative estimate of drug-likeness (QED) is 0.186. The fraction of sp³-hybridized carbons (Fsp3) is 0.500. The summed E-state index contributed by atoms with van der Waals surface area (Å²) in [6, 6.07) is 9.09. The monoisotopic (exact) mass is 600 g/mol. The molecule has 0 aliphatic carbocycles. The molecular weight excluding hydrogens is 556 g/mol. The van der Waals surface area contributed by atoms with Gasteiger partial charge in [-0.3, -0.25) is 14.4 Å². The number of primary amides is 1. The van der Waals surface area contributed by atoms with Gasteiger partial charge in [0.2, 0.25) is 17.7 Å². The van der Waals surface area contributed by atoms with Crippen molar-refractivity contribution in [2.75, 3.05) is 13.2 Å². The number of hydrogen-bond acceptors (Lipinski definition) is 5. The van der Waals surface area contributed by atoms with Crippen LogP contribution in [0.3, 0.4) is 0 Å². The minimum atomic E-state index is -4.27. The van der Waals surface area contributed by atoms with Crippen molar-refractivity contribution < 1.29 is 36.7 Å². The predicted molar refractivity (Wildman–Crippen MR) is 155 cm³/mol. The number of ether oxygens (including phenoxy) is 1. The SMILES string of the molecule is CC(N)=O.CCCCNC(=O)C(CC)NC(=O)CCCCOc1cc(C)cc(F)c1.NCc1cccc(C(F)(F)F)c1. The lowest BCUT2D eigenvalue weighted by molar-refractivity contribution is -0.137. The van der Waals surface area contributed by atoms with E-state index in [0.29, 0.717) is 50.1 Å². The Labute approximate surface area is 245 Å². The molecule has 12 heteroatoms. The van der Waals surface area contributed by atoms with E-state index in [0.717, 1.165) is 30.5 Å². The van der Waals surface area contributed by atoms with Crippen LogP contribution in [0.4, 0.5) is 17.6 Å². The third-order valence-electron chi connectivity index (χ3n) is 5.46. The molecule has 8 nitrogen and oxygen atoms in total. The van der Waals surface area contributed by atoms with Gasteiger partial charge >= 0.3 is 6.18 Å². The summed E-state index contributed by atoms with van der Waals surface area (Å²) in [7, 11) is 0. The molecule has 0 heterocycles. The Balaban J connectivity index is 0.000000863. The average Bonchev–Trinajstić information content (AvgIpc) is 2.90. The van der Waals surface area contributed by atoms with Gasteiger partial charge in [-0.05, 0) is 61.9 Å². The number of unbranched alkanes of at least 4 members (excludes halogenated alkanes) is 2. The molecule has 6 N–H and O–H groups in total. The molecule has 236 valence electrons. The highest BCUT2D eigenvalue weighted by Gasteiger charge is 2.30. The van der Waals surface area contributed by atoms with Gasteiger partial charge in [-0.1, -0.05) is 38.5 Å². The van der Waals surface area contributed by atoms with Crippen molar-refractivity contribution in [1.29, 1.82) is 0 Å². The Hall–Kier alpha value is -3.67. The fourth-order valence-electron chi connectivity index (χ4n) is 3.37. The maximum absolute atomic E-state index is 13.3. The number of benzene rings is 2. The van der Waals surface area contributed by atoms with Gasteiger partial charge in [0, 0.05) is 32.5 Å². The smallest absolute Gasteiger partial charge is 0.416 e. The van der Waals surface area contributed by atoms with Crippen LogP contribution in [-0.4, -0.2) is 36.9 Å². The standard InChI is InChI=1S/C20H31FN2O3.C8H8F3N.C2H5NO/c1-4-6-10-22-20(25)18(5-2)23-19(24)9-7-8-11-26-17-13-15(3)12-16(21)14-17;9-8(10,11)7-3-1-2-6(4-7)5-12;1-2(3)4/h12-14,18H,4-11H2,1-3H3,(H,22,25)(H,23,24);1-4H,5,12H2;1H3,(H2,3,4). The van der Waals surface area contributed by atoms with Gasteiger partial charge in [0.25, 0.3) is 0 Å². The van der Waals surface area contributed by atoms with Crippen molar-refractivity contribution in [2.24, 2.45) is 11.5 Å². The van der Waals surface area contributed by atoms with Crippen LogP contribution in [0.2, 0.25) is 0 Å². The summed E-state index contributed by atoms with van der Waals surface area (Å²) in [5.74, 6) is -0.410. The number of carbonyl (C=O) groups excluding carboxylic acids is 3. The second-order valence-corrected chi connectivity index (χ2v) is 9.46. The summed E-state index contributed by atoms with van der Waals surface area (Å²) >= 11 is 0. The molecule has 0 radical (unpaired) electrons. The van der Waals surface area contributed by atoms with E-state index in [1.807, 2.05) is 13.8 Å². The van der Waals surface area contributed by atoms with E-state index in [9.17, 15) is 31.9 Å². The summed E-state index contributed by atoms with van der Waals surface area (Å²) < 4.78 is 55.0. The van der Waals surface area contributed by atoms with E-state index >= 15 is 0 Å². The fourth-order valence-corrected chi connectivity index (χ4v) is 3.37. The highest BCUT2D eigenvalue weighted by atomic mass is 19.4. The molecule has 2 rings (SSSR count). The summed E-state index contributed by atoms with van der Waals surface area (Å²) in [6.07, 6.45) is -0.0979. The van der Waals surface area contributed by atoms with E-state index in [1.165, 1.54) is 25.1 Å². The van der Waals surface area contributed by atoms with E-state index in [-0.39, 0.29) is 30.1 Å². The molecule has 2 aromatic carbocycles. The van der Waals surface area contributed by atoms with E-state index in [1.54, 1.807) is 12.1 Å². The number of halogens is 4. The minimum Gasteiger partial charge on any atom is -0.493 e. The Morgan fingerprint density at radius 3 is 2.24 bits per heavy atom. The van der Waals surface area contributed by atoms with Crippen molar-refractivity contribution in [2.45, 2.75) is 85.0 Å². The Morgan fingerprint density at radius 1 is 1.02 bits per heavy atom. The Morgan fingerprint density at radius 2 is 1.69 bits per heavy atom. The van der Waals surface area contributed by atoms with E-state index in [4.69, 9.17) is 10.5 Å². The lowest BCUT2D eigenvalue weighted by Gasteiger charge is -2.16. The molecule has 1 atom stereocenters. The summed E-state index contributed by atoms with van der Waals surface area (Å²) in [4.78, 5) is 33.2. The summed E-state index contributed by atoms with van der Waals surface area (Å²) in [5, 5.41) is 5.61. The number of nitrogens with two attached hydrogens (primary N) is 2. The van der Waals surface area contributed by atoms with Crippen LogP contribution >= 0.6 is 0 Å². The molecule has 2 aromatic rings. The first-order valence-corrected chi connectivity index (χ1v) is 13.8. The molecule has 0 saturated heterocycles. The zero-order valence-electron chi connectivity index (χ0n) is 24.8. The van der Waals surface area contributed by atoms with Crippen LogP contribution in [-0.2, 0) is 27.1 Å². The number of hydrogen-bond donors (Lipinski definition) is 4. The summed E-state index contributed by atoms with van der Waals surface area (Å²) in [5.41, 5.74) is 10.3. The average molecular weight is 601 g/mol. The number of alkyl halides is 3. The zero-order chi connectivity index (χ0) is 32.1. The maximum Gasteiger partial charge on any atom is 0.416 e. The Kier molecular flexibility index (Phi) is 19.3. The van der Waals surface area contributed by atoms with Gasteiger partial charge in [-0.25, -0.2) is 4.39 Å². The molecule has 3 amide bonds. The van der Waals surface area contributed by atoms with Crippen LogP contribution in [0, 0.1) is 12.7 Å². The normalized spacial score (nSPS) is 11.2. The second-order valence-electron chi connectivity index (χ2n) is 9.46. The van der Waals surface area contributed by atoms with Crippen molar-refractivity contribution in [1.82, 2.24) is 10.6 Å². The highest BCUT2D eigenvalue weighted by Crippen LogP contribution is 2.29. The lowest BCUT2D eigenvalue weighted by Crippen LogP contribution is -2.46. The number of rotatable bonds is 13. The first kappa shape index (κ1) is 38.3. The number of amides is 3.